The van der Waals surface area contributed by atoms with Gasteiger partial charge in [-0.05, 0) is 19.4 Å². The van der Waals surface area contributed by atoms with E-state index in [2.05, 4.69) is 0 Å². The Morgan fingerprint density at radius 3 is 2.47 bits per heavy atom. The molecule has 0 aromatic carbocycles. The van der Waals surface area contributed by atoms with E-state index in [-0.39, 0.29) is 12.5 Å². The number of rotatable bonds is 6. The molecule has 4 nitrogen and oxygen atoms in total. The molecule has 1 aliphatic carbocycles. The van der Waals surface area contributed by atoms with Crippen molar-refractivity contribution in [1.29, 1.82) is 0 Å². The first-order chi connectivity index (χ1) is 8.19. The number of likely N-dealkylation sites (N-methyl/N-ethyl adjacent to an activating group) is 2. The highest BCUT2D eigenvalue weighted by Gasteiger charge is 2.22. The van der Waals surface area contributed by atoms with Crippen LogP contribution in [0.5, 0.6) is 0 Å². The third kappa shape index (κ3) is 4.64. The van der Waals surface area contributed by atoms with E-state index in [1.807, 2.05) is 23.8 Å². The second kappa shape index (κ2) is 7.67. The second-order valence-corrected chi connectivity index (χ2v) is 4.89. The van der Waals surface area contributed by atoms with E-state index in [1.54, 1.807) is 0 Å². The molecule has 0 atom stereocenters. The highest BCUT2D eigenvalue weighted by atomic mass is 16.3. The van der Waals surface area contributed by atoms with Gasteiger partial charge in [0.25, 0.3) is 0 Å². The van der Waals surface area contributed by atoms with Gasteiger partial charge in [0.15, 0.2) is 0 Å². The van der Waals surface area contributed by atoms with E-state index in [4.69, 9.17) is 5.11 Å². The van der Waals surface area contributed by atoms with Crippen LogP contribution in [0.2, 0.25) is 0 Å². The minimum Gasteiger partial charge on any atom is -0.395 e. The van der Waals surface area contributed by atoms with Crippen molar-refractivity contribution in [3.05, 3.63) is 0 Å². The Hall–Kier alpha value is -0.610. The fourth-order valence-electron chi connectivity index (χ4n) is 2.47. The van der Waals surface area contributed by atoms with Crippen molar-refractivity contribution < 1.29 is 9.90 Å². The molecule has 1 aliphatic rings. The molecule has 0 aromatic heterocycles. The van der Waals surface area contributed by atoms with Crippen LogP contribution >= 0.6 is 0 Å². The van der Waals surface area contributed by atoms with Gasteiger partial charge in [-0.25, -0.2) is 0 Å². The summed E-state index contributed by atoms with van der Waals surface area (Å²) in [6, 6.07) is 0.434. The highest BCUT2D eigenvalue weighted by Crippen LogP contribution is 2.21. The predicted octanol–water partition coefficient (Wildman–Crippen LogP) is 1.09. The average Bonchev–Trinajstić information content (AvgIpc) is 2.38. The van der Waals surface area contributed by atoms with Gasteiger partial charge >= 0.3 is 0 Å². The first-order valence-corrected chi connectivity index (χ1v) is 6.78. The van der Waals surface area contributed by atoms with E-state index in [9.17, 15) is 4.79 Å². The summed E-state index contributed by atoms with van der Waals surface area (Å²) in [6.45, 7) is 3.97. The van der Waals surface area contributed by atoms with Gasteiger partial charge in [-0.1, -0.05) is 26.2 Å². The van der Waals surface area contributed by atoms with Crippen LogP contribution in [0.15, 0.2) is 0 Å². The molecule has 1 saturated carbocycles. The van der Waals surface area contributed by atoms with Gasteiger partial charge in [-0.3, -0.25) is 9.69 Å². The van der Waals surface area contributed by atoms with Crippen molar-refractivity contribution in [3.8, 4) is 0 Å². The van der Waals surface area contributed by atoms with Gasteiger partial charge in [0.05, 0.1) is 13.2 Å². The Labute approximate surface area is 105 Å². The molecule has 0 bridgehead atoms. The van der Waals surface area contributed by atoms with Gasteiger partial charge < -0.3 is 10.0 Å². The first kappa shape index (κ1) is 14.5. The summed E-state index contributed by atoms with van der Waals surface area (Å²) >= 11 is 0. The molecule has 0 saturated heterocycles. The second-order valence-electron chi connectivity index (χ2n) is 4.89. The van der Waals surface area contributed by atoms with E-state index < -0.39 is 0 Å². The fourth-order valence-corrected chi connectivity index (χ4v) is 2.47. The normalized spacial score (nSPS) is 17.4. The summed E-state index contributed by atoms with van der Waals surface area (Å²) in [5, 5.41) is 8.90. The van der Waals surface area contributed by atoms with E-state index in [1.165, 1.54) is 19.3 Å². The lowest BCUT2D eigenvalue weighted by Gasteiger charge is -2.32. The summed E-state index contributed by atoms with van der Waals surface area (Å²) in [4.78, 5) is 16.0. The zero-order valence-electron chi connectivity index (χ0n) is 11.2. The Kier molecular flexibility index (Phi) is 6.52. The Bertz CT molecular complexity index is 227. The monoisotopic (exact) mass is 242 g/mol. The maximum Gasteiger partial charge on any atom is 0.236 e. The van der Waals surface area contributed by atoms with Crippen LogP contribution in [0, 0.1) is 0 Å². The van der Waals surface area contributed by atoms with Gasteiger partial charge in [0, 0.05) is 19.6 Å². The Morgan fingerprint density at radius 1 is 1.29 bits per heavy atom. The molecule has 4 heteroatoms. The van der Waals surface area contributed by atoms with Crippen molar-refractivity contribution in [2.45, 2.75) is 45.1 Å². The number of carbonyl (C=O) groups is 1. The molecule has 100 valence electrons. The molecule has 1 rings (SSSR count). The van der Waals surface area contributed by atoms with Crippen LogP contribution in [0.4, 0.5) is 0 Å². The van der Waals surface area contributed by atoms with E-state index in [0.717, 1.165) is 19.4 Å². The van der Waals surface area contributed by atoms with Crippen molar-refractivity contribution in [2.24, 2.45) is 0 Å². The summed E-state index contributed by atoms with van der Waals surface area (Å²) < 4.78 is 0. The standard InChI is InChI=1S/C13H26N2O2/c1-3-15(9-10-16)11-13(17)14(2)12-7-5-4-6-8-12/h12,16H,3-11H2,1-2H3. The van der Waals surface area contributed by atoms with Gasteiger partial charge in [0.2, 0.25) is 5.91 Å². The summed E-state index contributed by atoms with van der Waals surface area (Å²) in [6.07, 6.45) is 6.10. The molecule has 0 radical (unpaired) electrons. The number of aliphatic hydroxyl groups excluding tert-OH is 1. The maximum atomic E-state index is 12.1. The SMILES string of the molecule is CCN(CCO)CC(=O)N(C)C1CCCCC1. The molecule has 0 aliphatic heterocycles. The summed E-state index contributed by atoms with van der Waals surface area (Å²) in [5.74, 6) is 0.187. The molecule has 1 amide bonds. The Morgan fingerprint density at radius 2 is 1.94 bits per heavy atom. The van der Waals surface area contributed by atoms with Crippen molar-refractivity contribution in [1.82, 2.24) is 9.80 Å². The summed E-state index contributed by atoms with van der Waals surface area (Å²) in [7, 11) is 1.92. The van der Waals surface area contributed by atoms with E-state index in [0.29, 0.717) is 19.1 Å². The minimum atomic E-state index is 0.119. The van der Waals surface area contributed by atoms with Crippen molar-refractivity contribution >= 4 is 5.91 Å². The molecule has 0 unspecified atom stereocenters. The van der Waals surface area contributed by atoms with Gasteiger partial charge in [-0.15, -0.1) is 0 Å². The van der Waals surface area contributed by atoms with Crippen LogP contribution in [-0.4, -0.2) is 60.1 Å². The predicted molar refractivity (Wildman–Crippen MR) is 68.8 cm³/mol. The minimum absolute atomic E-state index is 0.119. The third-order valence-electron chi connectivity index (χ3n) is 3.74. The number of aliphatic hydroxyl groups is 1. The first-order valence-electron chi connectivity index (χ1n) is 6.78. The molecule has 0 aromatic rings. The zero-order chi connectivity index (χ0) is 12.7. The Balaban J connectivity index is 2.39. The topological polar surface area (TPSA) is 43.8 Å². The number of hydrogen-bond donors (Lipinski definition) is 1. The van der Waals surface area contributed by atoms with Crippen LogP contribution < -0.4 is 0 Å². The molecular weight excluding hydrogens is 216 g/mol. The molecule has 1 N–H and O–H groups in total. The quantitative estimate of drug-likeness (QED) is 0.758. The van der Waals surface area contributed by atoms with Crippen LogP contribution in [0.1, 0.15) is 39.0 Å². The number of nitrogens with zero attached hydrogens (tertiary/aromatic N) is 2. The molecule has 1 fully saturated rings. The van der Waals surface area contributed by atoms with Crippen LogP contribution in [0.25, 0.3) is 0 Å². The zero-order valence-corrected chi connectivity index (χ0v) is 11.2. The largest absolute Gasteiger partial charge is 0.395 e. The maximum absolute atomic E-state index is 12.1. The lowest BCUT2D eigenvalue weighted by atomic mass is 9.94. The average molecular weight is 242 g/mol. The summed E-state index contributed by atoms with van der Waals surface area (Å²) in [5.41, 5.74) is 0. The van der Waals surface area contributed by atoms with Crippen LogP contribution in [-0.2, 0) is 4.79 Å². The van der Waals surface area contributed by atoms with Gasteiger partial charge in [0.1, 0.15) is 0 Å². The fraction of sp³-hybridized carbons (Fsp3) is 0.923. The van der Waals surface area contributed by atoms with Crippen molar-refractivity contribution in [2.75, 3.05) is 33.3 Å². The molecular formula is C13H26N2O2. The van der Waals surface area contributed by atoms with E-state index >= 15 is 0 Å². The lowest BCUT2D eigenvalue weighted by Crippen LogP contribution is -2.44. The van der Waals surface area contributed by atoms with Crippen molar-refractivity contribution in [3.63, 3.8) is 0 Å². The highest BCUT2D eigenvalue weighted by molar-refractivity contribution is 5.78. The molecule has 0 heterocycles. The molecule has 17 heavy (non-hydrogen) atoms. The number of amides is 1. The third-order valence-corrected chi connectivity index (χ3v) is 3.74. The van der Waals surface area contributed by atoms with Crippen LogP contribution in [0.3, 0.4) is 0 Å². The van der Waals surface area contributed by atoms with Gasteiger partial charge in [-0.2, -0.15) is 0 Å². The smallest absolute Gasteiger partial charge is 0.236 e. The number of hydrogen-bond acceptors (Lipinski definition) is 3. The number of carbonyl (C=O) groups excluding carboxylic acids is 1. The lowest BCUT2D eigenvalue weighted by molar-refractivity contribution is -0.133. The molecule has 0 spiro atoms.